The van der Waals surface area contributed by atoms with Gasteiger partial charge < -0.3 is 9.88 Å². The fraction of sp³-hybridized carbons (Fsp3) is 0.562. The Bertz CT molecular complexity index is 827. The van der Waals surface area contributed by atoms with Crippen LogP contribution in [0, 0.1) is 0 Å². The second-order valence-corrected chi connectivity index (χ2v) is 8.21. The lowest BCUT2D eigenvalue weighted by Gasteiger charge is -2.16. The number of amides is 3. The minimum Gasteiger partial charge on any atom is -0.335 e. The summed E-state index contributed by atoms with van der Waals surface area (Å²) in [6, 6.07) is 1.59. The minimum atomic E-state index is -3.69. The Balaban J connectivity index is 2.11. The van der Waals surface area contributed by atoms with E-state index < -0.39 is 34.1 Å². The first-order chi connectivity index (χ1) is 12.2. The van der Waals surface area contributed by atoms with Crippen molar-refractivity contribution in [1.82, 2.24) is 19.5 Å². The van der Waals surface area contributed by atoms with Crippen LogP contribution in [0.25, 0.3) is 0 Å². The van der Waals surface area contributed by atoms with Crippen LogP contribution in [0.3, 0.4) is 0 Å². The average molecular weight is 384 g/mol. The van der Waals surface area contributed by atoms with Crippen molar-refractivity contribution in [3.05, 3.63) is 28.7 Å². The van der Waals surface area contributed by atoms with Gasteiger partial charge in [0.25, 0.3) is 5.56 Å². The average Bonchev–Trinajstić information content (AvgIpc) is 3.11. The van der Waals surface area contributed by atoms with E-state index in [1.54, 1.807) is 6.92 Å². The lowest BCUT2D eigenvalue weighted by atomic mass is 10.3. The van der Waals surface area contributed by atoms with Crippen LogP contribution in [-0.2, 0) is 21.4 Å². The van der Waals surface area contributed by atoms with Gasteiger partial charge in [-0.05, 0) is 32.3 Å². The van der Waals surface area contributed by atoms with Crippen LogP contribution in [0.2, 0.25) is 0 Å². The number of aromatic nitrogens is 1. The molecule has 0 saturated carbocycles. The highest BCUT2D eigenvalue weighted by Gasteiger charge is 2.27. The molecule has 10 heteroatoms. The molecule has 0 aliphatic carbocycles. The first-order valence-corrected chi connectivity index (χ1v) is 9.99. The summed E-state index contributed by atoms with van der Waals surface area (Å²) < 4.78 is 27.5. The van der Waals surface area contributed by atoms with Gasteiger partial charge in [0.1, 0.15) is 6.54 Å². The summed E-state index contributed by atoms with van der Waals surface area (Å²) in [5.74, 6) is -0.705. The summed E-state index contributed by atoms with van der Waals surface area (Å²) >= 11 is 0. The highest BCUT2D eigenvalue weighted by atomic mass is 32.2. The summed E-state index contributed by atoms with van der Waals surface area (Å²) in [6.07, 6.45) is 3.44. The van der Waals surface area contributed by atoms with Crippen LogP contribution in [0.1, 0.15) is 33.1 Å². The van der Waals surface area contributed by atoms with Gasteiger partial charge in [-0.1, -0.05) is 6.92 Å². The molecule has 1 aromatic heterocycles. The number of rotatable bonds is 6. The molecule has 1 atom stereocenters. The second kappa shape index (κ2) is 8.45. The molecule has 0 unspecified atom stereocenters. The van der Waals surface area contributed by atoms with E-state index in [2.05, 4.69) is 10.6 Å². The number of carbonyl (C=O) groups is 2. The first kappa shape index (κ1) is 20.1. The summed E-state index contributed by atoms with van der Waals surface area (Å²) in [6.45, 7) is 4.12. The van der Waals surface area contributed by atoms with Crippen molar-refractivity contribution in [1.29, 1.82) is 0 Å². The van der Waals surface area contributed by atoms with Gasteiger partial charge in [0.15, 0.2) is 0 Å². The number of hydrogen-bond acceptors (Lipinski definition) is 5. The fourth-order valence-electron chi connectivity index (χ4n) is 2.55. The van der Waals surface area contributed by atoms with E-state index >= 15 is 0 Å². The third-order valence-corrected chi connectivity index (χ3v) is 6.10. The van der Waals surface area contributed by atoms with Crippen LogP contribution in [0.4, 0.5) is 4.79 Å². The Morgan fingerprint density at radius 1 is 1.23 bits per heavy atom. The van der Waals surface area contributed by atoms with Crippen molar-refractivity contribution in [2.75, 3.05) is 13.1 Å². The molecule has 9 nitrogen and oxygen atoms in total. The summed E-state index contributed by atoms with van der Waals surface area (Å²) in [7, 11) is -3.69. The molecule has 2 heterocycles. The standard InChI is InChI=1S/C16H24N4O5S/c1-3-12(2)17-16(23)18-14(21)11-19-10-13(6-7-15(19)22)26(24,25)20-8-4-5-9-20/h6-7,10,12H,3-5,8-9,11H2,1-2H3,(H2,17,18,21,23)/t12-/m1/s1. The van der Waals surface area contributed by atoms with Crippen LogP contribution >= 0.6 is 0 Å². The second-order valence-electron chi connectivity index (χ2n) is 6.27. The smallest absolute Gasteiger partial charge is 0.321 e. The largest absolute Gasteiger partial charge is 0.335 e. The predicted molar refractivity (Wildman–Crippen MR) is 95.1 cm³/mol. The quantitative estimate of drug-likeness (QED) is 0.729. The van der Waals surface area contributed by atoms with E-state index in [1.807, 2.05) is 6.92 Å². The number of pyridine rings is 1. The van der Waals surface area contributed by atoms with Crippen LogP contribution in [-0.4, -0.2) is 48.4 Å². The normalized spacial score (nSPS) is 16.2. The third-order valence-electron chi connectivity index (χ3n) is 4.22. The summed E-state index contributed by atoms with van der Waals surface area (Å²) in [5.41, 5.74) is -0.525. The molecule has 1 aliphatic rings. The van der Waals surface area contributed by atoms with E-state index in [4.69, 9.17) is 0 Å². The maximum atomic E-state index is 12.6. The first-order valence-electron chi connectivity index (χ1n) is 8.55. The van der Waals surface area contributed by atoms with Crippen LogP contribution in [0.15, 0.2) is 28.0 Å². The van der Waals surface area contributed by atoms with Crippen molar-refractivity contribution in [3.63, 3.8) is 0 Å². The number of nitrogens with one attached hydrogen (secondary N) is 2. The zero-order valence-corrected chi connectivity index (χ0v) is 15.7. The Labute approximate surface area is 152 Å². The highest BCUT2D eigenvalue weighted by Crippen LogP contribution is 2.19. The van der Waals surface area contributed by atoms with Crippen molar-refractivity contribution < 1.29 is 18.0 Å². The monoisotopic (exact) mass is 384 g/mol. The maximum absolute atomic E-state index is 12.6. The summed E-state index contributed by atoms with van der Waals surface area (Å²) in [4.78, 5) is 35.5. The van der Waals surface area contributed by atoms with Gasteiger partial charge in [-0.2, -0.15) is 4.31 Å². The van der Waals surface area contributed by atoms with E-state index in [1.165, 1.54) is 10.4 Å². The van der Waals surface area contributed by atoms with Crippen molar-refractivity contribution >= 4 is 22.0 Å². The third kappa shape index (κ3) is 4.92. The molecule has 0 bridgehead atoms. The SMILES string of the molecule is CC[C@@H](C)NC(=O)NC(=O)Cn1cc(S(=O)(=O)N2CCCC2)ccc1=O. The molecule has 1 aliphatic heterocycles. The molecule has 26 heavy (non-hydrogen) atoms. The van der Waals surface area contributed by atoms with E-state index in [9.17, 15) is 22.8 Å². The topological polar surface area (TPSA) is 118 Å². The van der Waals surface area contributed by atoms with Gasteiger partial charge in [-0.25, -0.2) is 13.2 Å². The predicted octanol–water partition coefficient (Wildman–Crippen LogP) is 0.257. The molecule has 2 rings (SSSR count). The minimum absolute atomic E-state index is 0.0455. The van der Waals surface area contributed by atoms with Gasteiger partial charge >= 0.3 is 6.03 Å². The molecule has 144 valence electrons. The molecular weight excluding hydrogens is 360 g/mol. The van der Waals surface area contributed by atoms with Crippen LogP contribution < -0.4 is 16.2 Å². The molecule has 0 radical (unpaired) electrons. The molecule has 0 aromatic carbocycles. The van der Waals surface area contributed by atoms with Gasteiger partial charge in [0.05, 0.1) is 4.90 Å². The molecule has 3 amide bonds. The number of carbonyl (C=O) groups excluding carboxylic acids is 2. The fourth-order valence-corrected chi connectivity index (χ4v) is 4.08. The Morgan fingerprint density at radius 3 is 2.50 bits per heavy atom. The molecule has 1 aromatic rings. The lowest BCUT2D eigenvalue weighted by Crippen LogP contribution is -2.45. The molecule has 0 spiro atoms. The number of imide groups is 1. The zero-order valence-electron chi connectivity index (χ0n) is 14.9. The van der Waals surface area contributed by atoms with Crippen LogP contribution in [0.5, 0.6) is 0 Å². The number of urea groups is 1. The lowest BCUT2D eigenvalue weighted by molar-refractivity contribution is -0.120. The zero-order chi connectivity index (χ0) is 19.3. The van der Waals surface area contributed by atoms with Gasteiger partial charge in [-0.15, -0.1) is 0 Å². The van der Waals surface area contributed by atoms with Gasteiger partial charge in [0, 0.05) is 31.4 Å². The van der Waals surface area contributed by atoms with E-state index in [-0.39, 0.29) is 10.9 Å². The molecule has 2 N–H and O–H groups in total. The number of nitrogens with zero attached hydrogens (tertiary/aromatic N) is 2. The Hall–Kier alpha value is -2.20. The number of hydrogen-bond donors (Lipinski definition) is 2. The van der Waals surface area contributed by atoms with Gasteiger partial charge in [0.2, 0.25) is 15.9 Å². The van der Waals surface area contributed by atoms with Crippen molar-refractivity contribution in [2.45, 2.75) is 50.6 Å². The highest BCUT2D eigenvalue weighted by molar-refractivity contribution is 7.89. The maximum Gasteiger partial charge on any atom is 0.321 e. The molecule has 1 saturated heterocycles. The summed E-state index contributed by atoms with van der Waals surface area (Å²) in [5, 5.41) is 4.70. The van der Waals surface area contributed by atoms with Crippen molar-refractivity contribution in [3.8, 4) is 0 Å². The molecular formula is C16H24N4O5S. The number of sulfonamides is 1. The van der Waals surface area contributed by atoms with E-state index in [0.29, 0.717) is 19.5 Å². The Kier molecular flexibility index (Phi) is 6.54. The molecule has 1 fully saturated rings. The van der Waals surface area contributed by atoms with E-state index in [0.717, 1.165) is 29.7 Å². The van der Waals surface area contributed by atoms with Crippen molar-refractivity contribution in [2.24, 2.45) is 0 Å². The Morgan fingerprint density at radius 2 is 1.88 bits per heavy atom. The van der Waals surface area contributed by atoms with Gasteiger partial charge in [-0.3, -0.25) is 14.9 Å².